The molecule has 0 N–H and O–H groups in total. The second-order valence-electron chi connectivity index (χ2n) is 1.80. The maximum absolute atomic E-state index is 4.91. The molecule has 0 fully saturated rings. The van der Waals surface area contributed by atoms with E-state index in [9.17, 15) is 0 Å². The van der Waals surface area contributed by atoms with Gasteiger partial charge in [0.15, 0.2) is 0 Å². The van der Waals surface area contributed by atoms with E-state index >= 15 is 0 Å². The Balaban J connectivity index is 2.58. The highest BCUT2D eigenvalue weighted by Gasteiger charge is 2.02. The molecule has 0 spiro atoms. The second-order valence-corrected chi connectivity index (χ2v) is 1.80. The van der Waals surface area contributed by atoms with E-state index in [4.69, 9.17) is 4.74 Å². The monoisotopic (exact) mass is 96.1 g/mol. The largest absolute Gasteiger partial charge is 0.470 e. The van der Waals surface area contributed by atoms with E-state index in [0.717, 1.165) is 12.2 Å². The third kappa shape index (κ3) is 0.829. The van der Waals surface area contributed by atoms with Gasteiger partial charge in [-0.3, -0.25) is 0 Å². The van der Waals surface area contributed by atoms with Crippen molar-refractivity contribution in [1.29, 1.82) is 0 Å². The molecule has 1 rings (SSSR count). The Kier molecular flexibility index (Phi) is 0.895. The lowest BCUT2D eigenvalue weighted by atomic mass is 10.2. The molecule has 0 aliphatic carbocycles. The van der Waals surface area contributed by atoms with Crippen molar-refractivity contribution in [2.75, 3.05) is 0 Å². The first kappa shape index (κ1) is 4.44. The molecule has 0 aromatic heterocycles. The van der Waals surface area contributed by atoms with Gasteiger partial charge >= 0.3 is 0 Å². The third-order valence-corrected chi connectivity index (χ3v) is 0.903. The predicted octanol–water partition coefficient (Wildman–Crippen LogP) is 1.82. The normalized spacial score (nSPS) is 19.0. The maximum Gasteiger partial charge on any atom is 0.100 e. The molecule has 0 amide bonds. The van der Waals surface area contributed by atoms with E-state index in [-0.39, 0.29) is 0 Å². The molecular formula is C6H8O. The van der Waals surface area contributed by atoms with Gasteiger partial charge in [0.25, 0.3) is 0 Å². The summed E-state index contributed by atoms with van der Waals surface area (Å²) in [6.45, 7) is 5.66. The zero-order valence-corrected chi connectivity index (χ0v) is 4.40. The molecule has 7 heavy (non-hydrogen) atoms. The Morgan fingerprint density at radius 2 is 2.57 bits per heavy atom. The van der Waals surface area contributed by atoms with Gasteiger partial charge in [0.1, 0.15) is 5.76 Å². The van der Waals surface area contributed by atoms with Crippen LogP contribution in [0, 0.1) is 0 Å². The van der Waals surface area contributed by atoms with Gasteiger partial charge in [0.2, 0.25) is 0 Å². The fraction of sp³-hybridized carbons (Fsp3) is 0.333. The van der Waals surface area contributed by atoms with Crippen molar-refractivity contribution < 1.29 is 4.74 Å². The molecule has 1 heteroatoms. The van der Waals surface area contributed by atoms with Crippen LogP contribution in [0.5, 0.6) is 0 Å². The summed E-state index contributed by atoms with van der Waals surface area (Å²) >= 11 is 0. The number of ether oxygens (including phenoxy) is 1. The van der Waals surface area contributed by atoms with Crippen LogP contribution >= 0.6 is 0 Å². The standard InChI is InChI=1S/C6H8O/c1-5-3-6(2)7-4-5/h4H,2-3H2,1H3. The molecule has 38 valence electrons. The molecule has 0 bridgehead atoms. The van der Waals surface area contributed by atoms with Gasteiger partial charge in [0, 0.05) is 6.42 Å². The minimum absolute atomic E-state index is 0.859. The number of allylic oxidation sites excluding steroid dienone is 1. The van der Waals surface area contributed by atoms with Gasteiger partial charge in [-0.15, -0.1) is 0 Å². The third-order valence-electron chi connectivity index (χ3n) is 0.903. The maximum atomic E-state index is 4.91. The van der Waals surface area contributed by atoms with Crippen LogP contribution in [0.1, 0.15) is 13.3 Å². The summed E-state index contributed by atoms with van der Waals surface area (Å²) in [6, 6.07) is 0. The average molecular weight is 96.1 g/mol. The topological polar surface area (TPSA) is 9.23 Å². The van der Waals surface area contributed by atoms with Gasteiger partial charge in [-0.25, -0.2) is 0 Å². The predicted molar refractivity (Wildman–Crippen MR) is 28.6 cm³/mol. The lowest BCUT2D eigenvalue weighted by Crippen LogP contribution is -1.69. The lowest BCUT2D eigenvalue weighted by Gasteiger charge is -1.87. The molecule has 0 atom stereocenters. The molecule has 0 radical (unpaired) electrons. The smallest absolute Gasteiger partial charge is 0.100 e. The van der Waals surface area contributed by atoms with Crippen molar-refractivity contribution in [2.24, 2.45) is 0 Å². The van der Waals surface area contributed by atoms with E-state index in [0.29, 0.717) is 0 Å². The van der Waals surface area contributed by atoms with Crippen molar-refractivity contribution in [3.63, 3.8) is 0 Å². The molecule has 1 aliphatic rings. The van der Waals surface area contributed by atoms with Crippen molar-refractivity contribution in [2.45, 2.75) is 13.3 Å². The lowest BCUT2D eigenvalue weighted by molar-refractivity contribution is 0.369. The summed E-state index contributed by atoms with van der Waals surface area (Å²) in [5.41, 5.74) is 1.25. The molecule has 0 aromatic rings. The summed E-state index contributed by atoms with van der Waals surface area (Å²) < 4.78 is 4.91. The first-order valence-corrected chi connectivity index (χ1v) is 2.29. The summed E-state index contributed by atoms with van der Waals surface area (Å²) in [6.07, 6.45) is 2.66. The first-order valence-electron chi connectivity index (χ1n) is 2.29. The quantitative estimate of drug-likeness (QED) is 0.447. The summed E-state index contributed by atoms with van der Waals surface area (Å²) in [7, 11) is 0. The highest BCUT2D eigenvalue weighted by molar-refractivity contribution is 5.11. The van der Waals surface area contributed by atoms with E-state index in [2.05, 4.69) is 6.58 Å². The zero-order valence-electron chi connectivity index (χ0n) is 4.40. The number of hydrogen-bond acceptors (Lipinski definition) is 1. The van der Waals surface area contributed by atoms with E-state index in [1.807, 2.05) is 6.92 Å². The number of hydrogen-bond donors (Lipinski definition) is 0. The van der Waals surface area contributed by atoms with Crippen molar-refractivity contribution in [1.82, 2.24) is 0 Å². The van der Waals surface area contributed by atoms with E-state index in [1.54, 1.807) is 6.26 Å². The van der Waals surface area contributed by atoms with Crippen LogP contribution in [0.15, 0.2) is 24.2 Å². The van der Waals surface area contributed by atoms with Crippen LogP contribution in [-0.2, 0) is 4.74 Å². The van der Waals surface area contributed by atoms with Crippen molar-refractivity contribution in [3.8, 4) is 0 Å². The summed E-state index contributed by atoms with van der Waals surface area (Å²) in [5, 5.41) is 0. The molecule has 0 saturated carbocycles. The molecule has 1 heterocycles. The van der Waals surface area contributed by atoms with Crippen molar-refractivity contribution in [3.05, 3.63) is 24.2 Å². The summed E-state index contributed by atoms with van der Waals surface area (Å²) in [4.78, 5) is 0. The first-order chi connectivity index (χ1) is 3.29. The Labute approximate surface area is 43.3 Å². The molecular weight excluding hydrogens is 88.1 g/mol. The fourth-order valence-electron chi connectivity index (χ4n) is 0.578. The van der Waals surface area contributed by atoms with E-state index in [1.165, 1.54) is 5.57 Å². The second kappa shape index (κ2) is 1.41. The zero-order chi connectivity index (χ0) is 5.28. The Morgan fingerprint density at radius 3 is 2.71 bits per heavy atom. The van der Waals surface area contributed by atoms with Crippen LogP contribution in [0.4, 0.5) is 0 Å². The Bertz CT molecular complexity index is 122. The Morgan fingerprint density at radius 1 is 1.86 bits per heavy atom. The van der Waals surface area contributed by atoms with Crippen LogP contribution < -0.4 is 0 Å². The minimum Gasteiger partial charge on any atom is -0.470 e. The van der Waals surface area contributed by atoms with Crippen LogP contribution in [0.25, 0.3) is 0 Å². The molecule has 0 unspecified atom stereocenters. The molecule has 0 aromatic carbocycles. The Hall–Kier alpha value is -0.720. The molecule has 0 saturated heterocycles. The van der Waals surface area contributed by atoms with Crippen LogP contribution in [0.3, 0.4) is 0 Å². The highest BCUT2D eigenvalue weighted by atomic mass is 16.5. The van der Waals surface area contributed by atoms with Crippen LogP contribution in [0.2, 0.25) is 0 Å². The summed E-state index contributed by atoms with van der Waals surface area (Å²) in [5.74, 6) is 0.859. The van der Waals surface area contributed by atoms with E-state index < -0.39 is 0 Å². The van der Waals surface area contributed by atoms with Gasteiger partial charge in [-0.2, -0.15) is 0 Å². The van der Waals surface area contributed by atoms with Gasteiger partial charge in [0.05, 0.1) is 6.26 Å². The highest BCUT2D eigenvalue weighted by Crippen LogP contribution is 2.17. The average Bonchev–Trinajstić information content (AvgIpc) is 1.87. The van der Waals surface area contributed by atoms with Gasteiger partial charge in [-0.05, 0) is 12.5 Å². The van der Waals surface area contributed by atoms with Crippen LogP contribution in [-0.4, -0.2) is 0 Å². The van der Waals surface area contributed by atoms with Gasteiger partial charge in [-0.1, -0.05) is 6.58 Å². The minimum atomic E-state index is 0.859. The van der Waals surface area contributed by atoms with Gasteiger partial charge < -0.3 is 4.74 Å². The molecule has 1 nitrogen and oxygen atoms in total. The molecule has 1 aliphatic heterocycles. The fourth-order valence-corrected chi connectivity index (χ4v) is 0.578. The van der Waals surface area contributed by atoms with Crippen molar-refractivity contribution >= 4 is 0 Å². The SMILES string of the molecule is C=C1CC(C)=CO1. The number of rotatable bonds is 0.